The van der Waals surface area contributed by atoms with Crippen LogP contribution in [-0.4, -0.2) is 41.9 Å². The zero-order chi connectivity index (χ0) is 14.0. The second kappa shape index (κ2) is 5.24. The molecule has 1 aliphatic rings. The summed E-state index contributed by atoms with van der Waals surface area (Å²) < 4.78 is 25.8. The smallest absolute Gasteiger partial charge is 0.270 e. The van der Waals surface area contributed by atoms with E-state index in [1.165, 1.54) is 22.5 Å². The molecule has 0 aliphatic carbocycles. The summed E-state index contributed by atoms with van der Waals surface area (Å²) in [6, 6.07) is 4.94. The van der Waals surface area contributed by atoms with Crippen molar-refractivity contribution in [2.24, 2.45) is 0 Å². The molecule has 0 aromatic heterocycles. The molecule has 19 heavy (non-hydrogen) atoms. The number of nitro benzene ring substituents is 1. The Labute approximate surface area is 110 Å². The van der Waals surface area contributed by atoms with Crippen molar-refractivity contribution in [1.29, 1.82) is 0 Å². The number of non-ortho nitro benzene ring substituents is 1. The first-order valence-corrected chi connectivity index (χ1v) is 7.28. The number of rotatable bonds is 3. The molecule has 1 aromatic carbocycles. The Balaban J connectivity index is 2.33. The second-order valence-electron chi connectivity index (χ2n) is 4.41. The highest BCUT2D eigenvalue weighted by Gasteiger charge is 2.30. The monoisotopic (exact) mass is 286 g/mol. The zero-order valence-electron chi connectivity index (χ0n) is 10.1. The molecule has 1 heterocycles. The van der Waals surface area contributed by atoms with Crippen molar-refractivity contribution in [2.75, 3.05) is 13.1 Å². The van der Waals surface area contributed by atoms with Gasteiger partial charge in [-0.1, -0.05) is 6.07 Å². The molecular weight excluding hydrogens is 272 g/mol. The minimum Gasteiger partial charge on any atom is -0.392 e. The first-order chi connectivity index (χ1) is 8.91. The van der Waals surface area contributed by atoms with Gasteiger partial charge in [0.25, 0.3) is 5.69 Å². The van der Waals surface area contributed by atoms with Gasteiger partial charge in [-0.15, -0.1) is 0 Å². The van der Waals surface area contributed by atoms with Gasteiger partial charge in [0.2, 0.25) is 10.0 Å². The summed E-state index contributed by atoms with van der Waals surface area (Å²) in [4.78, 5) is 9.92. The van der Waals surface area contributed by atoms with Gasteiger partial charge in [-0.25, -0.2) is 8.42 Å². The third-order valence-corrected chi connectivity index (χ3v) is 4.89. The van der Waals surface area contributed by atoms with E-state index in [1.807, 2.05) is 0 Å². The number of piperidine rings is 1. The standard InChI is InChI=1S/C11H14N2O5S/c14-10-4-2-6-12(8-10)19(17,18)11-5-1-3-9(7-11)13(15)16/h1,3,5,7,10,14H,2,4,6,8H2. The van der Waals surface area contributed by atoms with Crippen LogP contribution >= 0.6 is 0 Å². The van der Waals surface area contributed by atoms with Crippen molar-refractivity contribution in [3.8, 4) is 0 Å². The van der Waals surface area contributed by atoms with E-state index in [2.05, 4.69) is 0 Å². The van der Waals surface area contributed by atoms with Crippen LogP contribution in [0.5, 0.6) is 0 Å². The average Bonchev–Trinajstić information content (AvgIpc) is 2.39. The number of aliphatic hydroxyl groups excluding tert-OH is 1. The maximum absolute atomic E-state index is 12.3. The summed E-state index contributed by atoms with van der Waals surface area (Å²) in [7, 11) is -3.78. The number of hydrogen-bond donors (Lipinski definition) is 1. The SMILES string of the molecule is O=[N+]([O-])c1cccc(S(=O)(=O)N2CCCC(O)C2)c1. The van der Waals surface area contributed by atoms with Crippen LogP contribution < -0.4 is 0 Å². The Morgan fingerprint density at radius 1 is 1.42 bits per heavy atom. The first-order valence-electron chi connectivity index (χ1n) is 5.84. The molecule has 0 bridgehead atoms. The van der Waals surface area contributed by atoms with Gasteiger partial charge in [0.15, 0.2) is 0 Å². The summed E-state index contributed by atoms with van der Waals surface area (Å²) in [5.74, 6) is 0. The highest BCUT2D eigenvalue weighted by Crippen LogP contribution is 2.23. The van der Waals surface area contributed by atoms with Gasteiger partial charge in [0, 0.05) is 25.2 Å². The average molecular weight is 286 g/mol. The van der Waals surface area contributed by atoms with E-state index in [1.54, 1.807) is 0 Å². The highest BCUT2D eigenvalue weighted by atomic mass is 32.2. The van der Waals surface area contributed by atoms with Crippen molar-refractivity contribution >= 4 is 15.7 Å². The van der Waals surface area contributed by atoms with Gasteiger partial charge in [-0.3, -0.25) is 10.1 Å². The molecule has 8 heteroatoms. The Morgan fingerprint density at radius 2 is 2.16 bits per heavy atom. The lowest BCUT2D eigenvalue weighted by atomic mass is 10.1. The van der Waals surface area contributed by atoms with E-state index >= 15 is 0 Å². The van der Waals surface area contributed by atoms with E-state index in [0.717, 1.165) is 6.07 Å². The van der Waals surface area contributed by atoms with Gasteiger partial charge < -0.3 is 5.11 Å². The topological polar surface area (TPSA) is 101 Å². The van der Waals surface area contributed by atoms with Gasteiger partial charge >= 0.3 is 0 Å². The van der Waals surface area contributed by atoms with Crippen molar-refractivity contribution in [3.63, 3.8) is 0 Å². The summed E-state index contributed by atoms with van der Waals surface area (Å²) in [6.45, 7) is 0.354. The number of β-amino-alcohol motifs (C(OH)–C–C–N with tert-alkyl or cyclic N) is 1. The largest absolute Gasteiger partial charge is 0.392 e. The number of nitro groups is 1. The fourth-order valence-corrected chi connectivity index (χ4v) is 3.60. The lowest BCUT2D eigenvalue weighted by Gasteiger charge is -2.29. The van der Waals surface area contributed by atoms with Crippen LogP contribution in [0.15, 0.2) is 29.2 Å². The van der Waals surface area contributed by atoms with Gasteiger partial charge in [-0.2, -0.15) is 4.31 Å². The summed E-state index contributed by atoms with van der Waals surface area (Å²) in [5, 5.41) is 20.2. The van der Waals surface area contributed by atoms with Crippen molar-refractivity contribution in [1.82, 2.24) is 4.31 Å². The number of sulfonamides is 1. The Bertz CT molecular complexity index is 587. The van der Waals surface area contributed by atoms with E-state index in [0.29, 0.717) is 19.4 Å². The van der Waals surface area contributed by atoms with E-state index in [9.17, 15) is 23.6 Å². The predicted octanol–water partition coefficient (Wildman–Crippen LogP) is 0.740. The molecule has 1 aromatic rings. The van der Waals surface area contributed by atoms with Crippen LogP contribution in [0.25, 0.3) is 0 Å². The molecule has 1 saturated heterocycles. The first kappa shape index (κ1) is 13.9. The maximum Gasteiger partial charge on any atom is 0.270 e. The van der Waals surface area contributed by atoms with Gasteiger partial charge in [0.05, 0.1) is 15.9 Å². The van der Waals surface area contributed by atoms with Crippen molar-refractivity contribution in [3.05, 3.63) is 34.4 Å². The van der Waals surface area contributed by atoms with Gasteiger partial charge in [-0.05, 0) is 18.9 Å². The molecule has 2 rings (SSSR count). The van der Waals surface area contributed by atoms with Crippen LogP contribution in [-0.2, 0) is 10.0 Å². The second-order valence-corrected chi connectivity index (χ2v) is 6.35. The van der Waals surface area contributed by atoms with Crippen LogP contribution in [0.1, 0.15) is 12.8 Å². The minimum absolute atomic E-state index is 0.0328. The fourth-order valence-electron chi connectivity index (χ4n) is 2.05. The fraction of sp³-hybridized carbons (Fsp3) is 0.455. The highest BCUT2D eigenvalue weighted by molar-refractivity contribution is 7.89. The Kier molecular flexibility index (Phi) is 3.83. The molecule has 1 unspecified atom stereocenters. The minimum atomic E-state index is -3.78. The summed E-state index contributed by atoms with van der Waals surface area (Å²) in [6.07, 6.45) is 0.471. The lowest BCUT2D eigenvalue weighted by molar-refractivity contribution is -0.385. The van der Waals surface area contributed by atoms with Crippen LogP contribution in [0.4, 0.5) is 5.69 Å². The molecule has 7 nitrogen and oxygen atoms in total. The van der Waals surface area contributed by atoms with Crippen molar-refractivity contribution < 1.29 is 18.4 Å². The quantitative estimate of drug-likeness (QED) is 0.652. The van der Waals surface area contributed by atoms with Crippen LogP contribution in [0.3, 0.4) is 0 Å². The molecule has 0 radical (unpaired) electrons. The van der Waals surface area contributed by atoms with E-state index in [4.69, 9.17) is 0 Å². The maximum atomic E-state index is 12.3. The van der Waals surface area contributed by atoms with Crippen molar-refractivity contribution in [2.45, 2.75) is 23.8 Å². The number of benzene rings is 1. The van der Waals surface area contributed by atoms with Gasteiger partial charge in [0.1, 0.15) is 0 Å². The molecule has 0 amide bonds. The third-order valence-electron chi connectivity index (χ3n) is 3.03. The van der Waals surface area contributed by atoms with Crippen LogP contribution in [0.2, 0.25) is 0 Å². The molecule has 0 spiro atoms. The third kappa shape index (κ3) is 2.91. The molecule has 1 N–H and O–H groups in total. The Morgan fingerprint density at radius 3 is 2.79 bits per heavy atom. The van der Waals surface area contributed by atoms with Crippen LogP contribution in [0, 0.1) is 10.1 Å². The molecule has 1 fully saturated rings. The molecule has 1 atom stereocenters. The van der Waals surface area contributed by atoms with E-state index in [-0.39, 0.29) is 17.1 Å². The molecule has 0 saturated carbocycles. The molecular formula is C11H14N2O5S. The number of aliphatic hydroxyl groups is 1. The normalized spacial score (nSPS) is 21.2. The summed E-state index contributed by atoms with van der Waals surface area (Å²) in [5.41, 5.74) is -0.265. The van der Waals surface area contributed by atoms with E-state index < -0.39 is 21.1 Å². The summed E-state index contributed by atoms with van der Waals surface area (Å²) >= 11 is 0. The Hall–Kier alpha value is -1.51. The predicted molar refractivity (Wildman–Crippen MR) is 67.1 cm³/mol. The molecule has 1 aliphatic heterocycles. The lowest BCUT2D eigenvalue weighted by Crippen LogP contribution is -2.42. The number of nitrogens with zero attached hydrogens (tertiary/aromatic N) is 2. The number of hydrogen-bond acceptors (Lipinski definition) is 5. The molecule has 104 valence electrons. The zero-order valence-corrected chi connectivity index (χ0v) is 10.9.